The van der Waals surface area contributed by atoms with Crippen molar-refractivity contribution in [3.63, 3.8) is 0 Å². The molecule has 0 saturated carbocycles. The molecule has 2 heterocycles. The Kier molecular flexibility index (Phi) is 4.37. The van der Waals surface area contributed by atoms with Crippen LogP contribution in [0.1, 0.15) is 46.8 Å². The third-order valence-corrected chi connectivity index (χ3v) is 3.69. The molecule has 0 aliphatic carbocycles. The van der Waals surface area contributed by atoms with E-state index in [-0.39, 0.29) is 11.8 Å². The van der Waals surface area contributed by atoms with Crippen molar-refractivity contribution >= 4 is 17.2 Å². The summed E-state index contributed by atoms with van der Waals surface area (Å²) in [5, 5.41) is 4.92. The average Bonchev–Trinajstić information content (AvgIpc) is 2.98. The van der Waals surface area contributed by atoms with Crippen LogP contribution in [-0.2, 0) is 6.42 Å². The maximum absolute atomic E-state index is 12.1. The molecule has 0 fully saturated rings. The summed E-state index contributed by atoms with van der Waals surface area (Å²) < 4.78 is 5.40. The number of oxazole rings is 1. The van der Waals surface area contributed by atoms with Gasteiger partial charge in [0.2, 0.25) is 5.76 Å². The molecule has 0 atom stereocenters. The third-order valence-electron chi connectivity index (χ3n) is 2.75. The number of carbonyl (C=O) groups is 1. The topological polar surface area (TPSA) is 55.1 Å². The Morgan fingerprint density at radius 3 is 2.95 bits per heavy atom. The third kappa shape index (κ3) is 3.44. The molecule has 4 nitrogen and oxygen atoms in total. The molecule has 0 aliphatic rings. The van der Waals surface area contributed by atoms with Gasteiger partial charge in [-0.25, -0.2) is 4.98 Å². The number of nitrogens with zero attached hydrogens (tertiary/aromatic N) is 1. The van der Waals surface area contributed by atoms with Gasteiger partial charge in [0, 0.05) is 18.3 Å². The Balaban J connectivity index is 1.96. The summed E-state index contributed by atoms with van der Waals surface area (Å²) in [7, 11) is 0. The van der Waals surface area contributed by atoms with E-state index in [1.165, 1.54) is 4.88 Å². The number of amides is 1. The fourth-order valence-electron chi connectivity index (χ4n) is 1.83. The summed E-state index contributed by atoms with van der Waals surface area (Å²) >= 11 is 1.70. The summed E-state index contributed by atoms with van der Waals surface area (Å²) in [4.78, 5) is 17.6. The Morgan fingerprint density at radius 2 is 2.32 bits per heavy atom. The molecule has 102 valence electrons. The standard InChI is InChI=1S/C14H18N2O2S/c1-9(2)12-13(18-10(3)16-12)14(17)15-7-6-11-5-4-8-19-11/h4-5,8-9H,6-7H2,1-3H3,(H,15,17). The highest BCUT2D eigenvalue weighted by molar-refractivity contribution is 7.09. The van der Waals surface area contributed by atoms with Crippen molar-refractivity contribution in [1.29, 1.82) is 0 Å². The fourth-order valence-corrected chi connectivity index (χ4v) is 2.54. The van der Waals surface area contributed by atoms with Crippen molar-refractivity contribution in [2.24, 2.45) is 0 Å². The lowest BCUT2D eigenvalue weighted by atomic mass is 10.1. The summed E-state index contributed by atoms with van der Waals surface area (Å²) in [6.45, 7) is 6.37. The molecule has 2 aromatic heterocycles. The van der Waals surface area contributed by atoms with E-state index in [4.69, 9.17) is 4.42 Å². The van der Waals surface area contributed by atoms with Gasteiger partial charge in [0.05, 0.1) is 5.69 Å². The molecule has 0 spiro atoms. The number of thiophene rings is 1. The van der Waals surface area contributed by atoms with E-state index < -0.39 is 0 Å². The van der Waals surface area contributed by atoms with Gasteiger partial charge in [-0.3, -0.25) is 4.79 Å². The molecule has 0 saturated heterocycles. The van der Waals surface area contributed by atoms with Gasteiger partial charge in [-0.15, -0.1) is 11.3 Å². The fraction of sp³-hybridized carbons (Fsp3) is 0.429. The van der Waals surface area contributed by atoms with Crippen LogP contribution in [0.4, 0.5) is 0 Å². The van der Waals surface area contributed by atoms with Crippen LogP contribution in [0.25, 0.3) is 0 Å². The van der Waals surface area contributed by atoms with Gasteiger partial charge >= 0.3 is 0 Å². The van der Waals surface area contributed by atoms with Crippen molar-refractivity contribution in [2.75, 3.05) is 6.54 Å². The van der Waals surface area contributed by atoms with Gasteiger partial charge in [0.1, 0.15) is 0 Å². The number of carbonyl (C=O) groups excluding carboxylic acids is 1. The molecule has 0 bridgehead atoms. The van der Waals surface area contributed by atoms with Crippen LogP contribution < -0.4 is 5.32 Å². The minimum absolute atomic E-state index is 0.176. The first-order chi connectivity index (χ1) is 9.08. The number of hydrogen-bond donors (Lipinski definition) is 1. The van der Waals surface area contributed by atoms with Crippen LogP contribution in [0, 0.1) is 6.92 Å². The number of nitrogens with one attached hydrogen (secondary N) is 1. The molecule has 0 radical (unpaired) electrons. The summed E-state index contributed by atoms with van der Waals surface area (Å²) in [5.41, 5.74) is 0.728. The molecule has 0 aromatic carbocycles. The van der Waals surface area contributed by atoms with Crippen LogP contribution in [-0.4, -0.2) is 17.4 Å². The molecule has 5 heteroatoms. The van der Waals surface area contributed by atoms with E-state index in [1.54, 1.807) is 18.3 Å². The van der Waals surface area contributed by atoms with Gasteiger partial charge in [-0.2, -0.15) is 0 Å². The smallest absolute Gasteiger partial charge is 0.289 e. The van der Waals surface area contributed by atoms with E-state index in [0.717, 1.165) is 12.1 Å². The molecule has 19 heavy (non-hydrogen) atoms. The number of hydrogen-bond acceptors (Lipinski definition) is 4. The largest absolute Gasteiger partial charge is 0.436 e. The molecular weight excluding hydrogens is 260 g/mol. The monoisotopic (exact) mass is 278 g/mol. The molecule has 1 N–H and O–H groups in total. The maximum Gasteiger partial charge on any atom is 0.289 e. The van der Waals surface area contributed by atoms with Crippen LogP contribution >= 0.6 is 11.3 Å². The van der Waals surface area contributed by atoms with Gasteiger partial charge in [-0.1, -0.05) is 19.9 Å². The Bertz CT molecular complexity index is 544. The van der Waals surface area contributed by atoms with Crippen LogP contribution in [0.15, 0.2) is 21.9 Å². The highest BCUT2D eigenvalue weighted by Crippen LogP contribution is 2.19. The second-order valence-electron chi connectivity index (χ2n) is 4.69. The minimum Gasteiger partial charge on any atom is -0.436 e. The Hall–Kier alpha value is -1.62. The lowest BCUT2D eigenvalue weighted by Crippen LogP contribution is -2.26. The van der Waals surface area contributed by atoms with Crippen molar-refractivity contribution < 1.29 is 9.21 Å². The number of aryl methyl sites for hydroxylation is 1. The average molecular weight is 278 g/mol. The second-order valence-corrected chi connectivity index (χ2v) is 5.72. The number of rotatable bonds is 5. The Labute approximate surface area is 116 Å². The Morgan fingerprint density at radius 1 is 1.53 bits per heavy atom. The zero-order chi connectivity index (χ0) is 13.8. The van der Waals surface area contributed by atoms with Crippen molar-refractivity contribution in [1.82, 2.24) is 10.3 Å². The maximum atomic E-state index is 12.1. The zero-order valence-electron chi connectivity index (χ0n) is 11.4. The quantitative estimate of drug-likeness (QED) is 0.914. The van der Waals surface area contributed by atoms with Gasteiger partial charge < -0.3 is 9.73 Å². The zero-order valence-corrected chi connectivity index (χ0v) is 12.2. The summed E-state index contributed by atoms with van der Waals surface area (Å²) in [6.07, 6.45) is 0.841. The molecule has 1 amide bonds. The predicted molar refractivity (Wildman–Crippen MR) is 75.7 cm³/mol. The van der Waals surface area contributed by atoms with Gasteiger partial charge in [-0.05, 0) is 23.8 Å². The van der Waals surface area contributed by atoms with Crippen LogP contribution in [0.5, 0.6) is 0 Å². The highest BCUT2D eigenvalue weighted by Gasteiger charge is 2.20. The van der Waals surface area contributed by atoms with E-state index in [9.17, 15) is 4.79 Å². The van der Waals surface area contributed by atoms with Gasteiger partial charge in [0.15, 0.2) is 5.89 Å². The van der Waals surface area contributed by atoms with Crippen molar-refractivity contribution in [2.45, 2.75) is 33.1 Å². The first kappa shape index (κ1) is 13.8. The molecule has 2 aromatic rings. The predicted octanol–water partition coefficient (Wildman–Crippen LogP) is 3.14. The van der Waals surface area contributed by atoms with Crippen molar-refractivity contribution in [3.8, 4) is 0 Å². The molecule has 0 unspecified atom stereocenters. The normalized spacial score (nSPS) is 10.9. The summed E-state index contributed by atoms with van der Waals surface area (Å²) in [6, 6.07) is 4.08. The van der Waals surface area contributed by atoms with Crippen LogP contribution in [0.2, 0.25) is 0 Å². The minimum atomic E-state index is -0.180. The molecule has 2 rings (SSSR count). The van der Waals surface area contributed by atoms with E-state index >= 15 is 0 Å². The lowest BCUT2D eigenvalue weighted by Gasteiger charge is -2.05. The van der Waals surface area contributed by atoms with E-state index in [2.05, 4.69) is 16.4 Å². The van der Waals surface area contributed by atoms with E-state index in [1.807, 2.05) is 25.3 Å². The van der Waals surface area contributed by atoms with Gasteiger partial charge in [0.25, 0.3) is 5.91 Å². The number of aromatic nitrogens is 1. The molecular formula is C14H18N2O2S. The first-order valence-corrected chi connectivity index (χ1v) is 7.23. The van der Waals surface area contributed by atoms with Crippen LogP contribution in [0.3, 0.4) is 0 Å². The van der Waals surface area contributed by atoms with E-state index in [0.29, 0.717) is 18.2 Å². The highest BCUT2D eigenvalue weighted by atomic mass is 32.1. The van der Waals surface area contributed by atoms with Crippen molar-refractivity contribution in [3.05, 3.63) is 39.7 Å². The second kappa shape index (κ2) is 6.02. The summed E-state index contributed by atoms with van der Waals surface area (Å²) in [5.74, 6) is 0.877. The molecule has 0 aliphatic heterocycles. The first-order valence-electron chi connectivity index (χ1n) is 6.36. The SMILES string of the molecule is Cc1nc(C(C)C)c(C(=O)NCCc2cccs2)o1. The lowest BCUT2D eigenvalue weighted by molar-refractivity contribution is 0.0923.